The van der Waals surface area contributed by atoms with E-state index in [-0.39, 0.29) is 36.5 Å². The molecule has 5 N–H and O–H groups in total. The van der Waals surface area contributed by atoms with Gasteiger partial charge in [-0.05, 0) is 42.2 Å². The van der Waals surface area contributed by atoms with Gasteiger partial charge in [0.2, 0.25) is 17.7 Å². The Morgan fingerprint density at radius 3 is 2.00 bits per heavy atom. The van der Waals surface area contributed by atoms with Crippen molar-refractivity contribution in [1.29, 1.82) is 0 Å². The predicted molar refractivity (Wildman–Crippen MR) is 156 cm³/mol. The summed E-state index contributed by atoms with van der Waals surface area (Å²) in [6.07, 6.45) is 0.156. The first-order valence-electron chi connectivity index (χ1n) is 13.8. The summed E-state index contributed by atoms with van der Waals surface area (Å²) in [5.74, 6) is -6.32. The number of rotatable bonds is 15. The third kappa shape index (κ3) is 8.84. The molecule has 3 atom stereocenters. The summed E-state index contributed by atoms with van der Waals surface area (Å²) in [6.45, 7) is 2.88. The predicted octanol–water partition coefficient (Wildman–Crippen LogP) is 0.807. The van der Waals surface area contributed by atoms with Crippen LogP contribution in [0.25, 0.3) is 0 Å². The fourth-order valence-corrected chi connectivity index (χ4v) is 5.22. The zero-order valence-corrected chi connectivity index (χ0v) is 25.3. The molecule has 14 nitrogen and oxygen atoms in total. The van der Waals surface area contributed by atoms with Gasteiger partial charge < -0.3 is 15.4 Å². The molecule has 5 amide bonds. The first-order valence-corrected chi connectivity index (χ1v) is 15.4. The molecular formula is C29H36N4O10S. The summed E-state index contributed by atoms with van der Waals surface area (Å²) in [5, 5.41) is 14.7. The van der Waals surface area contributed by atoms with Gasteiger partial charge >= 0.3 is 0 Å². The van der Waals surface area contributed by atoms with Crippen LogP contribution in [0.3, 0.4) is 0 Å². The van der Waals surface area contributed by atoms with Crippen LogP contribution in [-0.4, -0.2) is 84.6 Å². The molecule has 1 heterocycles. The van der Waals surface area contributed by atoms with Crippen molar-refractivity contribution in [2.75, 3.05) is 26.0 Å². The van der Waals surface area contributed by atoms with Crippen LogP contribution in [0.15, 0.2) is 48.5 Å². The van der Waals surface area contributed by atoms with E-state index in [0.29, 0.717) is 11.3 Å². The number of hydrogen-bond acceptors (Lipinski definition) is 9. The molecule has 1 aliphatic rings. The fourth-order valence-electron chi connectivity index (χ4n) is 4.92. The molecule has 44 heavy (non-hydrogen) atoms. The Kier molecular flexibility index (Phi) is 11.6. The maximum absolute atomic E-state index is 13.7. The maximum atomic E-state index is 13.7. The average Bonchev–Trinajstić information content (AvgIpc) is 3.22. The highest BCUT2D eigenvalue weighted by atomic mass is 32.2. The Morgan fingerprint density at radius 2 is 1.50 bits per heavy atom. The van der Waals surface area contributed by atoms with Crippen LogP contribution in [0.4, 0.5) is 0 Å². The molecule has 2 aromatic carbocycles. The van der Waals surface area contributed by atoms with Gasteiger partial charge in [-0.15, -0.1) is 0 Å². The van der Waals surface area contributed by atoms with Crippen LogP contribution in [0, 0.1) is 17.8 Å². The number of hydroxylamine groups is 1. The van der Waals surface area contributed by atoms with Gasteiger partial charge in [-0.3, -0.25) is 38.6 Å². The van der Waals surface area contributed by atoms with E-state index in [1.165, 1.54) is 31.3 Å². The van der Waals surface area contributed by atoms with E-state index < -0.39 is 69.8 Å². The maximum Gasteiger partial charge on any atom is 0.268 e. The fraction of sp³-hybridized carbons (Fsp3) is 0.414. The number of nitrogens with one attached hydrogen (secondary N) is 3. The largest absolute Gasteiger partial charge is 0.492 e. The minimum atomic E-state index is -4.18. The Labute approximate surface area is 254 Å². The zero-order chi connectivity index (χ0) is 32.6. The quantitative estimate of drug-likeness (QED) is 0.0807. The molecule has 0 spiro atoms. The molecule has 0 saturated carbocycles. The molecule has 0 aromatic heterocycles. The third-order valence-electron chi connectivity index (χ3n) is 7.10. The van der Waals surface area contributed by atoms with Gasteiger partial charge in [0, 0.05) is 20.0 Å². The summed E-state index contributed by atoms with van der Waals surface area (Å²) >= 11 is 0. The van der Waals surface area contributed by atoms with E-state index in [1.807, 2.05) is 13.8 Å². The number of imide groups is 1. The second-order valence-electron chi connectivity index (χ2n) is 10.7. The van der Waals surface area contributed by atoms with Crippen LogP contribution in [-0.2, 0) is 30.9 Å². The van der Waals surface area contributed by atoms with E-state index >= 15 is 0 Å². The van der Waals surface area contributed by atoms with Crippen LogP contribution in [0.1, 0.15) is 46.5 Å². The molecular weight excluding hydrogens is 596 g/mol. The second-order valence-corrected chi connectivity index (χ2v) is 12.3. The van der Waals surface area contributed by atoms with Gasteiger partial charge in [-0.1, -0.05) is 38.1 Å². The number of carbonyl (C=O) groups excluding carboxylic acids is 5. The lowest BCUT2D eigenvalue weighted by atomic mass is 9.83. The number of fused-ring (bicyclic) bond motifs is 1. The van der Waals surface area contributed by atoms with Crippen LogP contribution < -0.4 is 20.9 Å². The van der Waals surface area contributed by atoms with Crippen LogP contribution in [0.5, 0.6) is 5.75 Å². The number of benzene rings is 2. The highest BCUT2D eigenvalue weighted by Gasteiger charge is 2.42. The molecule has 238 valence electrons. The van der Waals surface area contributed by atoms with E-state index in [1.54, 1.807) is 29.7 Å². The Morgan fingerprint density at radius 1 is 0.909 bits per heavy atom. The minimum absolute atomic E-state index is 0.0282. The lowest BCUT2D eigenvalue weighted by Crippen LogP contribution is -2.53. The normalized spacial score (nSPS) is 14.9. The molecule has 2 aromatic rings. The molecule has 0 fully saturated rings. The van der Waals surface area contributed by atoms with Crippen molar-refractivity contribution >= 4 is 39.7 Å². The Hall–Kier alpha value is -4.34. The first-order chi connectivity index (χ1) is 20.7. The molecule has 0 radical (unpaired) electrons. The molecule has 3 rings (SSSR count). The van der Waals surface area contributed by atoms with Gasteiger partial charge in [0.25, 0.3) is 21.9 Å². The highest BCUT2D eigenvalue weighted by Crippen LogP contribution is 2.28. The van der Waals surface area contributed by atoms with Crippen molar-refractivity contribution in [3.05, 3.63) is 65.2 Å². The third-order valence-corrected chi connectivity index (χ3v) is 7.79. The Balaban J connectivity index is 1.81. The van der Waals surface area contributed by atoms with Gasteiger partial charge in [-0.25, -0.2) is 5.48 Å². The van der Waals surface area contributed by atoms with Crippen molar-refractivity contribution in [1.82, 2.24) is 21.0 Å². The molecule has 0 aliphatic carbocycles. The minimum Gasteiger partial charge on any atom is -0.492 e. The smallest absolute Gasteiger partial charge is 0.268 e. The van der Waals surface area contributed by atoms with E-state index in [2.05, 4.69) is 10.6 Å². The molecule has 1 unspecified atom stereocenters. The number of hydrogen-bond donors (Lipinski definition) is 5. The zero-order valence-electron chi connectivity index (χ0n) is 24.5. The van der Waals surface area contributed by atoms with Gasteiger partial charge in [0.05, 0.1) is 23.0 Å². The number of carbonyl (C=O) groups is 5. The van der Waals surface area contributed by atoms with Crippen molar-refractivity contribution < 1.29 is 46.9 Å². The molecule has 0 bridgehead atoms. The summed E-state index contributed by atoms with van der Waals surface area (Å²) in [4.78, 5) is 66.4. The molecule has 1 aliphatic heterocycles. The van der Waals surface area contributed by atoms with Gasteiger partial charge in [0.15, 0.2) is 0 Å². The van der Waals surface area contributed by atoms with Gasteiger partial charge in [0.1, 0.15) is 24.2 Å². The summed E-state index contributed by atoms with van der Waals surface area (Å²) in [7, 11) is -2.79. The standard InChI is InChI=1S/C29H36N4O10S/c1-17(2)14-22(23(26(35)32-39)16-33-28(37)20-6-4-5-7-21(20)29(33)38)25(34)31-24(27(36)30-3)15-18-8-10-19(11-9-18)43-12-13-44(40,41)42/h4-11,17,22-24,39H,12-16H2,1-3H3,(H,30,36)(H,31,34)(H,32,35)(H,40,41,42)/t22-,23?,24+/m1/s1. The monoisotopic (exact) mass is 632 g/mol. The SMILES string of the molecule is CNC(=O)[C@H](Cc1ccc(OCCS(=O)(=O)O)cc1)NC(=O)[C@H](CC(C)C)C(CN1C(=O)c2ccccc2C1=O)C(=O)NO. The number of ether oxygens (including phenoxy) is 1. The summed E-state index contributed by atoms with van der Waals surface area (Å²) < 4.78 is 35.9. The van der Waals surface area contributed by atoms with E-state index in [9.17, 15) is 37.6 Å². The number of nitrogens with zero attached hydrogens (tertiary/aromatic N) is 1. The average molecular weight is 633 g/mol. The van der Waals surface area contributed by atoms with Crippen molar-refractivity contribution in [3.8, 4) is 5.75 Å². The highest BCUT2D eigenvalue weighted by molar-refractivity contribution is 7.85. The number of likely N-dealkylation sites (N-methyl/N-ethyl adjacent to an activating group) is 1. The summed E-state index contributed by atoms with van der Waals surface area (Å²) in [5.41, 5.74) is 2.49. The van der Waals surface area contributed by atoms with Crippen LogP contribution in [0.2, 0.25) is 0 Å². The van der Waals surface area contributed by atoms with E-state index in [4.69, 9.17) is 9.29 Å². The van der Waals surface area contributed by atoms with E-state index in [0.717, 1.165) is 4.90 Å². The van der Waals surface area contributed by atoms with Crippen molar-refractivity contribution in [2.45, 2.75) is 32.7 Å². The van der Waals surface area contributed by atoms with Crippen molar-refractivity contribution in [3.63, 3.8) is 0 Å². The number of amides is 5. The molecule has 15 heteroatoms. The lowest BCUT2D eigenvalue weighted by molar-refractivity contribution is -0.142. The summed E-state index contributed by atoms with van der Waals surface area (Å²) in [6, 6.07) is 11.4. The second kappa shape index (κ2) is 14.9. The van der Waals surface area contributed by atoms with Crippen molar-refractivity contribution in [2.24, 2.45) is 17.8 Å². The molecule has 0 saturated heterocycles. The Bertz CT molecular complexity index is 1460. The first kappa shape index (κ1) is 34.2. The topological polar surface area (TPSA) is 209 Å². The van der Waals surface area contributed by atoms with Gasteiger partial charge in [-0.2, -0.15) is 8.42 Å². The van der Waals surface area contributed by atoms with Crippen LogP contribution >= 0.6 is 0 Å². The lowest BCUT2D eigenvalue weighted by Gasteiger charge is -2.30.